The summed E-state index contributed by atoms with van der Waals surface area (Å²) in [5.74, 6) is 0.764. The lowest BCUT2D eigenvalue weighted by atomic mass is 10.1. The molecule has 19 heavy (non-hydrogen) atoms. The Bertz CT molecular complexity index is 341. The van der Waals surface area contributed by atoms with Gasteiger partial charge in [-0.2, -0.15) is 0 Å². The summed E-state index contributed by atoms with van der Waals surface area (Å²) in [7, 11) is -1.37. The van der Waals surface area contributed by atoms with Crippen molar-refractivity contribution in [3.63, 3.8) is 0 Å². The third kappa shape index (κ3) is 5.58. The van der Waals surface area contributed by atoms with Gasteiger partial charge in [0, 0.05) is 19.0 Å². The van der Waals surface area contributed by atoms with Crippen LogP contribution in [0.2, 0.25) is 0 Å². The van der Waals surface area contributed by atoms with Crippen molar-refractivity contribution in [3.8, 4) is 0 Å². The Hall–Kier alpha value is 0.160. The molecule has 1 fully saturated rings. The van der Waals surface area contributed by atoms with Crippen molar-refractivity contribution in [2.75, 3.05) is 38.3 Å². The maximum atomic E-state index is 12.2. The van der Waals surface area contributed by atoms with Gasteiger partial charge in [0.15, 0.2) is 0 Å². The van der Waals surface area contributed by atoms with Crippen LogP contribution < -0.4 is 0 Å². The molecule has 4 nitrogen and oxygen atoms in total. The summed E-state index contributed by atoms with van der Waals surface area (Å²) in [6.45, 7) is 5.33. The van der Waals surface area contributed by atoms with Crippen LogP contribution in [0.25, 0.3) is 0 Å². The highest BCUT2D eigenvalue weighted by atomic mass is 35.5. The lowest BCUT2D eigenvalue weighted by Crippen LogP contribution is -2.46. The summed E-state index contributed by atoms with van der Waals surface area (Å²) in [6, 6.07) is 0.175. The highest BCUT2D eigenvalue weighted by Gasteiger charge is 2.28. The smallest absolute Gasteiger partial charge is 0.214 e. The van der Waals surface area contributed by atoms with Gasteiger partial charge < -0.3 is 4.90 Å². The van der Waals surface area contributed by atoms with Crippen LogP contribution in [0.4, 0.5) is 0 Å². The first kappa shape index (κ1) is 17.2. The molecule has 1 aliphatic heterocycles. The summed E-state index contributed by atoms with van der Waals surface area (Å²) < 4.78 is 26.0. The number of halogens is 1. The van der Waals surface area contributed by atoms with E-state index in [4.69, 9.17) is 11.6 Å². The van der Waals surface area contributed by atoms with Gasteiger partial charge in [-0.3, -0.25) is 0 Å². The number of hydrogen-bond acceptors (Lipinski definition) is 3. The fraction of sp³-hybridized carbons (Fsp3) is 1.00. The summed E-state index contributed by atoms with van der Waals surface area (Å²) in [4.78, 5) is 2.42. The standard InChI is InChI=1S/C13H27ClN2O2S/c1-3-9-16-10-6-13(7-11-16)15(2)19(17,18)12-5-4-8-14/h13H,3-12H2,1-2H3. The largest absolute Gasteiger partial charge is 0.303 e. The van der Waals surface area contributed by atoms with E-state index >= 15 is 0 Å². The molecule has 1 aliphatic rings. The zero-order valence-electron chi connectivity index (χ0n) is 12.1. The molecule has 0 aromatic carbocycles. The first-order valence-electron chi connectivity index (χ1n) is 7.25. The zero-order chi connectivity index (χ0) is 14.3. The molecule has 0 bridgehead atoms. The van der Waals surface area contributed by atoms with Crippen LogP contribution >= 0.6 is 11.6 Å². The van der Waals surface area contributed by atoms with Crippen LogP contribution in [0.1, 0.15) is 39.0 Å². The fourth-order valence-corrected chi connectivity index (χ4v) is 4.28. The third-order valence-corrected chi connectivity index (χ3v) is 6.08. The molecular formula is C13H27ClN2O2S. The molecule has 0 aliphatic carbocycles. The Labute approximate surface area is 123 Å². The van der Waals surface area contributed by atoms with Gasteiger partial charge in [0.25, 0.3) is 0 Å². The summed E-state index contributed by atoms with van der Waals surface area (Å²) >= 11 is 5.59. The Morgan fingerprint density at radius 3 is 2.42 bits per heavy atom. The summed E-state index contributed by atoms with van der Waals surface area (Å²) in [6.07, 6.45) is 4.49. The second kappa shape index (κ2) is 8.45. The van der Waals surface area contributed by atoms with Crippen molar-refractivity contribution in [3.05, 3.63) is 0 Å². The molecule has 0 unspecified atom stereocenters. The number of nitrogens with zero attached hydrogens (tertiary/aromatic N) is 2. The van der Waals surface area contributed by atoms with Crippen LogP contribution in [0.15, 0.2) is 0 Å². The minimum absolute atomic E-state index is 0.175. The Morgan fingerprint density at radius 2 is 1.89 bits per heavy atom. The zero-order valence-corrected chi connectivity index (χ0v) is 13.7. The second-order valence-corrected chi connectivity index (χ2v) is 7.83. The van der Waals surface area contributed by atoms with Gasteiger partial charge in [0.2, 0.25) is 10.0 Å². The van der Waals surface area contributed by atoms with Crippen LogP contribution in [-0.2, 0) is 10.0 Å². The van der Waals surface area contributed by atoms with Crippen molar-refractivity contribution in [1.82, 2.24) is 9.21 Å². The molecule has 0 atom stereocenters. The predicted molar refractivity (Wildman–Crippen MR) is 81.3 cm³/mol. The Kier molecular flexibility index (Phi) is 7.65. The molecule has 1 saturated heterocycles. The van der Waals surface area contributed by atoms with Crippen LogP contribution in [0, 0.1) is 0 Å². The predicted octanol–water partition coefficient (Wildman–Crippen LogP) is 2.14. The maximum Gasteiger partial charge on any atom is 0.214 e. The molecule has 1 rings (SSSR count). The lowest BCUT2D eigenvalue weighted by Gasteiger charge is -2.36. The van der Waals surface area contributed by atoms with Crippen LogP contribution in [0.5, 0.6) is 0 Å². The number of alkyl halides is 1. The second-order valence-electron chi connectivity index (χ2n) is 5.30. The van der Waals surface area contributed by atoms with Crippen LogP contribution in [0.3, 0.4) is 0 Å². The molecule has 0 saturated carbocycles. The van der Waals surface area contributed by atoms with Crippen molar-refractivity contribution >= 4 is 21.6 Å². The monoisotopic (exact) mass is 310 g/mol. The number of sulfonamides is 1. The summed E-state index contributed by atoms with van der Waals surface area (Å²) in [5.41, 5.74) is 0. The minimum atomic E-state index is -3.11. The number of hydrogen-bond donors (Lipinski definition) is 0. The molecule has 1 heterocycles. The lowest BCUT2D eigenvalue weighted by molar-refractivity contribution is 0.170. The number of rotatable bonds is 8. The topological polar surface area (TPSA) is 40.6 Å². The van der Waals surface area contributed by atoms with Gasteiger partial charge in [-0.15, -0.1) is 11.6 Å². The normalized spacial score (nSPS) is 19.2. The van der Waals surface area contributed by atoms with Gasteiger partial charge in [-0.25, -0.2) is 12.7 Å². The van der Waals surface area contributed by atoms with E-state index in [0.29, 0.717) is 12.3 Å². The molecule has 0 radical (unpaired) electrons. The molecule has 0 spiro atoms. The highest BCUT2D eigenvalue weighted by molar-refractivity contribution is 7.89. The van der Waals surface area contributed by atoms with E-state index in [1.54, 1.807) is 11.4 Å². The maximum absolute atomic E-state index is 12.2. The van der Waals surface area contributed by atoms with E-state index in [1.165, 1.54) is 0 Å². The molecule has 0 aromatic rings. The average molecular weight is 311 g/mol. The fourth-order valence-electron chi connectivity index (χ4n) is 2.57. The van der Waals surface area contributed by atoms with E-state index in [1.807, 2.05) is 0 Å². The average Bonchev–Trinajstić information content (AvgIpc) is 2.39. The van der Waals surface area contributed by atoms with E-state index < -0.39 is 10.0 Å². The molecule has 114 valence electrons. The molecule has 6 heteroatoms. The number of unbranched alkanes of at least 4 members (excludes halogenated alkanes) is 1. The highest BCUT2D eigenvalue weighted by Crippen LogP contribution is 2.19. The number of likely N-dealkylation sites (tertiary alicyclic amines) is 1. The van der Waals surface area contributed by atoms with E-state index in [-0.39, 0.29) is 11.8 Å². The Balaban J connectivity index is 2.43. The molecule has 0 aromatic heterocycles. The van der Waals surface area contributed by atoms with Gasteiger partial charge in [0.1, 0.15) is 0 Å². The van der Waals surface area contributed by atoms with E-state index in [9.17, 15) is 8.42 Å². The van der Waals surface area contributed by atoms with Crippen molar-refractivity contribution < 1.29 is 8.42 Å². The van der Waals surface area contributed by atoms with Crippen molar-refractivity contribution in [2.24, 2.45) is 0 Å². The van der Waals surface area contributed by atoms with Gasteiger partial charge in [-0.05, 0) is 51.7 Å². The van der Waals surface area contributed by atoms with Crippen molar-refractivity contribution in [1.29, 1.82) is 0 Å². The molecular weight excluding hydrogens is 284 g/mol. The molecule has 0 amide bonds. The van der Waals surface area contributed by atoms with Gasteiger partial charge in [-0.1, -0.05) is 6.92 Å². The van der Waals surface area contributed by atoms with Gasteiger partial charge >= 0.3 is 0 Å². The van der Waals surface area contributed by atoms with E-state index in [2.05, 4.69) is 11.8 Å². The van der Waals surface area contributed by atoms with Crippen molar-refractivity contribution in [2.45, 2.75) is 45.1 Å². The minimum Gasteiger partial charge on any atom is -0.303 e. The molecule has 0 N–H and O–H groups in total. The first-order chi connectivity index (χ1) is 9.01. The van der Waals surface area contributed by atoms with E-state index in [0.717, 1.165) is 45.3 Å². The van der Waals surface area contributed by atoms with Crippen LogP contribution in [-0.4, -0.2) is 62.0 Å². The Morgan fingerprint density at radius 1 is 1.26 bits per heavy atom. The summed E-state index contributed by atoms with van der Waals surface area (Å²) in [5, 5.41) is 0. The van der Waals surface area contributed by atoms with Gasteiger partial charge in [0.05, 0.1) is 5.75 Å². The quantitative estimate of drug-likeness (QED) is 0.509. The number of piperidine rings is 1. The SMILES string of the molecule is CCCN1CCC(N(C)S(=O)(=O)CCCCCl)CC1. The third-order valence-electron chi connectivity index (χ3n) is 3.84. The first-order valence-corrected chi connectivity index (χ1v) is 9.39.